The Balaban J connectivity index is 2.28. The van der Waals surface area contributed by atoms with E-state index in [-0.39, 0.29) is 17.0 Å². The highest BCUT2D eigenvalue weighted by molar-refractivity contribution is 6.29. The monoisotopic (exact) mass is 490 g/mol. The predicted molar refractivity (Wildman–Crippen MR) is 136 cm³/mol. The Morgan fingerprint density at radius 1 is 1.18 bits per heavy atom. The number of anilines is 1. The first-order valence-electron chi connectivity index (χ1n) is 10.9. The average molecular weight is 491 g/mol. The number of benzene rings is 1. The van der Waals surface area contributed by atoms with Gasteiger partial charge in [0.1, 0.15) is 33.9 Å². The SMILES string of the molecule is C=C(/N=C(/c1ccnc(Cl)c1)N(C)CCC(=C)OC(C)(C)C)Nc1ccc(F)c(C(C)(C)F)c1. The Morgan fingerprint density at radius 2 is 1.85 bits per heavy atom. The molecule has 0 radical (unpaired) electrons. The number of hydrogen-bond donors (Lipinski definition) is 1. The van der Waals surface area contributed by atoms with Crippen molar-refractivity contribution in [2.75, 3.05) is 18.9 Å². The summed E-state index contributed by atoms with van der Waals surface area (Å²) in [5, 5.41) is 3.34. The van der Waals surface area contributed by atoms with Crippen LogP contribution < -0.4 is 5.32 Å². The Hall–Kier alpha value is -2.93. The molecule has 8 heteroatoms. The molecule has 5 nitrogen and oxygen atoms in total. The van der Waals surface area contributed by atoms with Crippen LogP contribution in [0.5, 0.6) is 0 Å². The number of hydrogen-bond acceptors (Lipinski definition) is 4. The molecule has 0 amide bonds. The molecular weight excluding hydrogens is 458 g/mol. The number of halogens is 3. The molecule has 184 valence electrons. The van der Waals surface area contributed by atoms with Crippen molar-refractivity contribution < 1.29 is 13.5 Å². The van der Waals surface area contributed by atoms with Gasteiger partial charge in [0, 0.05) is 43.0 Å². The highest BCUT2D eigenvalue weighted by atomic mass is 35.5. The topological polar surface area (TPSA) is 49.8 Å². The third-order valence-electron chi connectivity index (χ3n) is 4.66. The van der Waals surface area contributed by atoms with E-state index in [1.54, 1.807) is 18.3 Å². The summed E-state index contributed by atoms with van der Waals surface area (Å²) in [4.78, 5) is 10.6. The minimum absolute atomic E-state index is 0.0510. The zero-order valence-electron chi connectivity index (χ0n) is 20.7. The van der Waals surface area contributed by atoms with Crippen molar-refractivity contribution >= 4 is 23.1 Å². The molecule has 0 unspecified atom stereocenters. The van der Waals surface area contributed by atoms with E-state index >= 15 is 0 Å². The average Bonchev–Trinajstić information content (AvgIpc) is 2.69. The molecule has 1 heterocycles. The molecule has 0 fully saturated rings. The van der Waals surface area contributed by atoms with Gasteiger partial charge in [0.05, 0.1) is 5.76 Å². The maximum Gasteiger partial charge on any atom is 0.138 e. The number of pyridine rings is 1. The fraction of sp³-hybridized carbons (Fsp3) is 0.385. The van der Waals surface area contributed by atoms with Gasteiger partial charge in [-0.1, -0.05) is 24.8 Å². The maximum absolute atomic E-state index is 14.4. The van der Waals surface area contributed by atoms with Gasteiger partial charge in [-0.3, -0.25) is 0 Å². The van der Waals surface area contributed by atoms with Gasteiger partial charge < -0.3 is 15.0 Å². The Kier molecular flexibility index (Phi) is 8.83. The van der Waals surface area contributed by atoms with Crippen LogP contribution in [0.2, 0.25) is 5.15 Å². The number of ether oxygens (including phenoxy) is 1. The first-order chi connectivity index (χ1) is 15.7. The lowest BCUT2D eigenvalue weighted by molar-refractivity contribution is 0.0469. The second kappa shape index (κ2) is 11.0. The molecule has 1 aromatic carbocycles. The first kappa shape index (κ1) is 27.3. The van der Waals surface area contributed by atoms with Crippen LogP contribution in [0, 0.1) is 5.82 Å². The van der Waals surface area contributed by atoms with Crippen LogP contribution in [0.3, 0.4) is 0 Å². The summed E-state index contributed by atoms with van der Waals surface area (Å²) in [6.07, 6.45) is 2.17. The predicted octanol–water partition coefficient (Wildman–Crippen LogP) is 7.06. The van der Waals surface area contributed by atoms with Crippen LogP contribution >= 0.6 is 11.6 Å². The van der Waals surface area contributed by atoms with E-state index in [1.165, 1.54) is 32.0 Å². The third-order valence-corrected chi connectivity index (χ3v) is 4.87. The molecule has 1 N–H and O–H groups in total. The van der Waals surface area contributed by atoms with Gasteiger partial charge >= 0.3 is 0 Å². The molecular formula is C26H33ClF2N4O. The third kappa shape index (κ3) is 8.45. The zero-order chi connectivity index (χ0) is 25.7. The molecule has 1 aromatic heterocycles. The van der Waals surface area contributed by atoms with Gasteiger partial charge in [-0.05, 0) is 65.0 Å². The van der Waals surface area contributed by atoms with E-state index in [0.29, 0.717) is 35.4 Å². The van der Waals surface area contributed by atoms with E-state index < -0.39 is 11.5 Å². The van der Waals surface area contributed by atoms with Crippen molar-refractivity contribution in [3.63, 3.8) is 0 Å². The largest absolute Gasteiger partial charge is 0.493 e. The first-order valence-corrected chi connectivity index (χ1v) is 11.3. The minimum Gasteiger partial charge on any atom is -0.493 e. The van der Waals surface area contributed by atoms with E-state index in [0.717, 1.165) is 5.56 Å². The maximum atomic E-state index is 14.4. The molecule has 0 bridgehead atoms. The summed E-state index contributed by atoms with van der Waals surface area (Å²) in [6.45, 7) is 17.1. The van der Waals surface area contributed by atoms with E-state index in [4.69, 9.17) is 16.3 Å². The van der Waals surface area contributed by atoms with Crippen LogP contribution in [-0.4, -0.2) is 34.9 Å². The normalized spacial score (nSPS) is 12.3. The summed E-state index contributed by atoms with van der Waals surface area (Å²) < 4.78 is 34.3. The van der Waals surface area contributed by atoms with Crippen molar-refractivity contribution in [2.24, 2.45) is 4.99 Å². The summed E-state index contributed by atoms with van der Waals surface area (Å²) in [5.41, 5.74) is -1.01. The van der Waals surface area contributed by atoms with Crippen molar-refractivity contribution in [3.05, 3.63) is 83.4 Å². The fourth-order valence-electron chi connectivity index (χ4n) is 3.18. The summed E-state index contributed by atoms with van der Waals surface area (Å²) in [7, 11) is 1.88. The van der Waals surface area contributed by atoms with Crippen LogP contribution in [0.15, 0.2) is 66.3 Å². The standard InChI is InChI=1S/C26H33ClF2N4O/c1-17(34-25(3,4)5)12-14-33(8)24(19-11-13-30-23(27)15-19)32-18(2)31-20-9-10-22(28)21(16-20)26(6,7)29/h9-11,13,15-16,31H,1-2,12,14H2,3-8H3/b32-24-. The molecule has 2 rings (SSSR count). The fourth-order valence-corrected chi connectivity index (χ4v) is 3.35. The number of aliphatic imine (C=N–C) groups is 1. The molecule has 34 heavy (non-hydrogen) atoms. The molecule has 0 aliphatic heterocycles. The number of rotatable bonds is 9. The molecule has 2 aromatic rings. The number of nitrogens with zero attached hydrogens (tertiary/aromatic N) is 3. The van der Waals surface area contributed by atoms with Gasteiger partial charge in [0.25, 0.3) is 0 Å². The molecule has 0 spiro atoms. The van der Waals surface area contributed by atoms with Gasteiger partial charge in [-0.15, -0.1) is 0 Å². The Bertz CT molecular complexity index is 1070. The van der Waals surface area contributed by atoms with Gasteiger partial charge in [-0.2, -0.15) is 0 Å². The lowest BCUT2D eigenvalue weighted by atomic mass is 9.99. The van der Waals surface area contributed by atoms with Crippen molar-refractivity contribution in [1.29, 1.82) is 0 Å². The Morgan fingerprint density at radius 3 is 2.44 bits per heavy atom. The zero-order valence-corrected chi connectivity index (χ0v) is 21.4. The van der Waals surface area contributed by atoms with Crippen molar-refractivity contribution in [2.45, 2.75) is 52.3 Å². The van der Waals surface area contributed by atoms with Gasteiger partial charge in [0.2, 0.25) is 0 Å². The lowest BCUT2D eigenvalue weighted by Gasteiger charge is -2.26. The van der Waals surface area contributed by atoms with Crippen LogP contribution in [0.25, 0.3) is 0 Å². The summed E-state index contributed by atoms with van der Waals surface area (Å²) >= 11 is 6.11. The van der Waals surface area contributed by atoms with Gasteiger partial charge in [0.15, 0.2) is 0 Å². The van der Waals surface area contributed by atoms with Crippen LogP contribution in [0.4, 0.5) is 14.5 Å². The van der Waals surface area contributed by atoms with Crippen LogP contribution in [-0.2, 0) is 10.4 Å². The van der Waals surface area contributed by atoms with Crippen molar-refractivity contribution in [1.82, 2.24) is 9.88 Å². The van der Waals surface area contributed by atoms with Crippen molar-refractivity contribution in [3.8, 4) is 0 Å². The molecule has 0 saturated heterocycles. The highest BCUT2D eigenvalue weighted by Crippen LogP contribution is 2.29. The molecule has 0 saturated carbocycles. The van der Waals surface area contributed by atoms with E-state index in [1.807, 2.05) is 32.7 Å². The number of aromatic nitrogens is 1. The Labute approximate surface area is 206 Å². The summed E-state index contributed by atoms with van der Waals surface area (Å²) in [6, 6.07) is 7.62. The minimum atomic E-state index is -1.83. The number of nitrogens with one attached hydrogen (secondary N) is 1. The highest BCUT2D eigenvalue weighted by Gasteiger charge is 2.23. The lowest BCUT2D eigenvalue weighted by Crippen LogP contribution is -2.30. The number of alkyl halides is 1. The van der Waals surface area contributed by atoms with Gasteiger partial charge in [-0.25, -0.2) is 18.8 Å². The quantitative estimate of drug-likeness (QED) is 0.177. The molecule has 0 aliphatic carbocycles. The second-order valence-corrected chi connectivity index (χ2v) is 9.85. The smallest absolute Gasteiger partial charge is 0.138 e. The molecule has 0 atom stereocenters. The van der Waals surface area contributed by atoms with Crippen LogP contribution in [0.1, 0.15) is 52.2 Å². The second-order valence-electron chi connectivity index (χ2n) is 9.47. The summed E-state index contributed by atoms with van der Waals surface area (Å²) in [5.74, 6) is 0.917. The number of amidine groups is 1. The van der Waals surface area contributed by atoms with E-state index in [9.17, 15) is 8.78 Å². The molecule has 0 aliphatic rings. The van der Waals surface area contributed by atoms with E-state index in [2.05, 4.69) is 28.5 Å².